The van der Waals surface area contributed by atoms with E-state index in [-0.39, 0.29) is 11.9 Å². The van der Waals surface area contributed by atoms with E-state index in [0.29, 0.717) is 18.9 Å². The number of thioether (sulfide) groups is 1. The lowest BCUT2D eigenvalue weighted by molar-refractivity contribution is 0.0777. The topological polar surface area (TPSA) is 66.2 Å². The van der Waals surface area contributed by atoms with Gasteiger partial charge in [0, 0.05) is 22.3 Å². The fourth-order valence-corrected chi connectivity index (χ4v) is 4.90. The van der Waals surface area contributed by atoms with Crippen LogP contribution in [0.25, 0.3) is 10.9 Å². The Balaban J connectivity index is 1.30. The number of aryl methyl sites for hydroxylation is 1. The molecule has 0 bridgehead atoms. The first kappa shape index (κ1) is 20.6. The fourth-order valence-electron chi connectivity index (χ4n) is 4.03. The molecule has 0 amide bonds. The van der Waals surface area contributed by atoms with Crippen molar-refractivity contribution in [3.8, 4) is 11.5 Å². The first-order valence-electron chi connectivity index (χ1n) is 10.5. The summed E-state index contributed by atoms with van der Waals surface area (Å²) in [5.74, 6) is 1.94. The molecule has 3 heterocycles. The maximum absolute atomic E-state index is 13.1. The molecule has 0 N–H and O–H groups in total. The van der Waals surface area contributed by atoms with Gasteiger partial charge in [0.15, 0.2) is 23.4 Å². The molecule has 6 nitrogen and oxygen atoms in total. The highest BCUT2D eigenvalue weighted by atomic mass is 32.2. The van der Waals surface area contributed by atoms with Gasteiger partial charge in [-0.05, 0) is 38.1 Å². The molecule has 32 heavy (non-hydrogen) atoms. The molecule has 5 rings (SSSR count). The Hall–Kier alpha value is -3.32. The van der Waals surface area contributed by atoms with Crippen molar-refractivity contribution in [1.82, 2.24) is 14.5 Å². The maximum Gasteiger partial charge on any atom is 0.174 e. The molecule has 162 valence electrons. The number of carbonyl (C=O) groups excluding carboxylic acids is 1. The van der Waals surface area contributed by atoms with Gasteiger partial charge < -0.3 is 14.0 Å². The maximum atomic E-state index is 13.1. The Bertz CT molecular complexity index is 1300. The van der Waals surface area contributed by atoms with Gasteiger partial charge >= 0.3 is 0 Å². The number of benzene rings is 2. The van der Waals surface area contributed by atoms with Crippen molar-refractivity contribution in [2.45, 2.75) is 31.5 Å². The standard InChI is InChI=1S/C25H23N3O3S/c1-16-11-20(22(29)14-32-25-19-7-3-4-8-21(19)26-15-27-25)17(2)28(16)12-18-13-30-23-9-5-6-10-24(23)31-18/h3-11,15,18H,12-14H2,1-2H3. The quantitative estimate of drug-likeness (QED) is 0.240. The van der Waals surface area contributed by atoms with Gasteiger partial charge in [0.05, 0.1) is 17.8 Å². The Morgan fingerprint density at radius 3 is 2.75 bits per heavy atom. The molecule has 2 aromatic heterocycles. The smallest absolute Gasteiger partial charge is 0.174 e. The van der Waals surface area contributed by atoms with Gasteiger partial charge in [-0.3, -0.25) is 4.79 Å². The summed E-state index contributed by atoms with van der Waals surface area (Å²) in [5.41, 5.74) is 3.60. The molecule has 0 spiro atoms. The summed E-state index contributed by atoms with van der Waals surface area (Å²) < 4.78 is 14.1. The lowest BCUT2D eigenvalue weighted by Crippen LogP contribution is -2.33. The predicted octanol–water partition coefficient (Wildman–Crippen LogP) is 4.86. The first-order valence-corrected chi connectivity index (χ1v) is 11.5. The Morgan fingerprint density at radius 2 is 1.88 bits per heavy atom. The van der Waals surface area contributed by atoms with Gasteiger partial charge in [0.25, 0.3) is 0 Å². The number of fused-ring (bicyclic) bond motifs is 2. The first-order chi connectivity index (χ1) is 15.6. The van der Waals surface area contributed by atoms with Crippen LogP contribution in [-0.4, -0.2) is 38.8 Å². The molecule has 0 radical (unpaired) electrons. The second kappa shape index (κ2) is 8.67. The van der Waals surface area contributed by atoms with E-state index in [9.17, 15) is 4.79 Å². The highest BCUT2D eigenvalue weighted by molar-refractivity contribution is 8.00. The molecule has 2 aromatic carbocycles. The Labute approximate surface area is 190 Å². The minimum absolute atomic E-state index is 0.0863. The third-order valence-electron chi connectivity index (χ3n) is 5.67. The summed E-state index contributed by atoms with van der Waals surface area (Å²) in [6.45, 7) is 5.12. The van der Waals surface area contributed by atoms with Crippen molar-refractivity contribution in [3.63, 3.8) is 0 Å². The summed E-state index contributed by atoms with van der Waals surface area (Å²) in [6.07, 6.45) is 1.44. The van der Waals surface area contributed by atoms with E-state index in [0.717, 1.165) is 44.4 Å². The highest BCUT2D eigenvalue weighted by Crippen LogP contribution is 2.32. The van der Waals surface area contributed by atoms with Crippen LogP contribution in [0.5, 0.6) is 11.5 Å². The molecular formula is C25H23N3O3S. The highest BCUT2D eigenvalue weighted by Gasteiger charge is 2.24. The Morgan fingerprint density at radius 1 is 1.09 bits per heavy atom. The summed E-state index contributed by atoms with van der Waals surface area (Å²) >= 11 is 1.45. The van der Waals surface area contributed by atoms with Crippen LogP contribution in [0, 0.1) is 13.8 Å². The van der Waals surface area contributed by atoms with Gasteiger partial charge in [0.2, 0.25) is 0 Å². The molecule has 1 atom stereocenters. The van der Waals surface area contributed by atoms with E-state index in [1.54, 1.807) is 6.33 Å². The SMILES string of the molecule is Cc1cc(C(=O)CSc2ncnc3ccccc23)c(C)n1CC1COc2ccccc2O1. The number of para-hydroxylation sites is 3. The molecule has 4 aromatic rings. The average molecular weight is 446 g/mol. The normalized spacial score (nSPS) is 15.1. The number of hydrogen-bond donors (Lipinski definition) is 0. The van der Waals surface area contributed by atoms with Crippen LogP contribution in [0.4, 0.5) is 0 Å². The fraction of sp³-hybridized carbons (Fsp3) is 0.240. The zero-order valence-electron chi connectivity index (χ0n) is 17.9. The summed E-state index contributed by atoms with van der Waals surface area (Å²) in [4.78, 5) is 21.7. The second-order valence-electron chi connectivity index (χ2n) is 7.80. The van der Waals surface area contributed by atoms with Crippen molar-refractivity contribution >= 4 is 28.4 Å². The van der Waals surface area contributed by atoms with Crippen LogP contribution >= 0.6 is 11.8 Å². The van der Waals surface area contributed by atoms with Crippen molar-refractivity contribution in [1.29, 1.82) is 0 Å². The summed E-state index contributed by atoms with van der Waals surface area (Å²) in [6, 6.07) is 17.5. The van der Waals surface area contributed by atoms with Crippen molar-refractivity contribution < 1.29 is 14.3 Å². The monoisotopic (exact) mass is 445 g/mol. The second-order valence-corrected chi connectivity index (χ2v) is 8.76. The number of nitrogens with zero attached hydrogens (tertiary/aromatic N) is 3. The number of carbonyl (C=O) groups is 1. The van der Waals surface area contributed by atoms with Gasteiger partial charge in [-0.1, -0.05) is 42.1 Å². The van der Waals surface area contributed by atoms with E-state index >= 15 is 0 Å². The van der Waals surface area contributed by atoms with Gasteiger partial charge in [-0.2, -0.15) is 0 Å². The number of ketones is 1. The largest absolute Gasteiger partial charge is 0.486 e. The predicted molar refractivity (Wildman–Crippen MR) is 125 cm³/mol. The zero-order valence-corrected chi connectivity index (χ0v) is 18.8. The number of aromatic nitrogens is 3. The van der Waals surface area contributed by atoms with E-state index in [1.165, 1.54) is 11.8 Å². The van der Waals surface area contributed by atoms with Crippen molar-refractivity contribution in [3.05, 3.63) is 77.9 Å². The van der Waals surface area contributed by atoms with Gasteiger partial charge in [-0.25, -0.2) is 9.97 Å². The number of hydrogen-bond acceptors (Lipinski definition) is 6. The number of Topliss-reactive ketones (excluding diaryl/α,β-unsaturated/α-hetero) is 1. The summed E-state index contributed by atoms with van der Waals surface area (Å²) in [5, 5.41) is 1.79. The molecule has 0 fully saturated rings. The molecule has 1 aliphatic heterocycles. The minimum atomic E-state index is -0.112. The van der Waals surface area contributed by atoms with Gasteiger partial charge in [0.1, 0.15) is 18.0 Å². The number of rotatable bonds is 6. The molecule has 0 aliphatic carbocycles. The summed E-state index contributed by atoms with van der Waals surface area (Å²) in [7, 11) is 0. The number of ether oxygens (including phenoxy) is 2. The minimum Gasteiger partial charge on any atom is -0.486 e. The van der Waals surface area contributed by atoms with E-state index in [1.807, 2.05) is 68.4 Å². The lowest BCUT2D eigenvalue weighted by atomic mass is 10.2. The molecule has 7 heteroatoms. The zero-order chi connectivity index (χ0) is 22.1. The van der Waals surface area contributed by atoms with Crippen LogP contribution in [0.15, 0.2) is 66.0 Å². The third kappa shape index (κ3) is 3.96. The van der Waals surface area contributed by atoms with Crippen molar-refractivity contribution in [2.75, 3.05) is 12.4 Å². The molecular weight excluding hydrogens is 422 g/mol. The Kier molecular flexibility index (Phi) is 5.57. The van der Waals surface area contributed by atoms with Crippen molar-refractivity contribution in [2.24, 2.45) is 0 Å². The third-order valence-corrected chi connectivity index (χ3v) is 6.68. The molecule has 0 saturated carbocycles. The van der Waals surface area contributed by atoms with Crippen LogP contribution in [0.3, 0.4) is 0 Å². The van der Waals surface area contributed by atoms with E-state index < -0.39 is 0 Å². The van der Waals surface area contributed by atoms with E-state index in [2.05, 4.69) is 14.5 Å². The average Bonchev–Trinajstić information content (AvgIpc) is 3.11. The van der Waals surface area contributed by atoms with Crippen LogP contribution in [0.2, 0.25) is 0 Å². The molecule has 1 unspecified atom stereocenters. The lowest BCUT2D eigenvalue weighted by Gasteiger charge is -2.27. The molecule has 0 saturated heterocycles. The van der Waals surface area contributed by atoms with E-state index in [4.69, 9.17) is 9.47 Å². The van der Waals surface area contributed by atoms with Gasteiger partial charge in [-0.15, -0.1) is 0 Å². The van der Waals surface area contributed by atoms with Crippen LogP contribution in [0.1, 0.15) is 21.7 Å². The van der Waals surface area contributed by atoms with Crippen LogP contribution in [-0.2, 0) is 6.54 Å². The molecule has 1 aliphatic rings. The van der Waals surface area contributed by atoms with Crippen LogP contribution < -0.4 is 9.47 Å².